The van der Waals surface area contributed by atoms with Crippen LogP contribution in [0.25, 0.3) is 0 Å². The van der Waals surface area contributed by atoms with Gasteiger partial charge in [0.15, 0.2) is 5.69 Å². The summed E-state index contributed by atoms with van der Waals surface area (Å²) >= 11 is 5.24. The molecule has 16 heavy (non-hydrogen) atoms. The molecule has 90 valence electrons. The number of alkyl halides is 5. The van der Waals surface area contributed by atoms with E-state index >= 15 is 0 Å². The number of rotatable bonds is 2. The quantitative estimate of drug-likeness (QED) is 0.655. The fraction of sp³-hybridized carbons (Fsp3) is 0.375. The number of nitrogens with two attached hydrogens (primary N) is 1. The van der Waals surface area contributed by atoms with E-state index in [1.807, 2.05) is 0 Å². The van der Waals surface area contributed by atoms with Crippen molar-refractivity contribution in [1.29, 1.82) is 0 Å². The molecule has 2 N–H and O–H groups in total. The summed E-state index contributed by atoms with van der Waals surface area (Å²) in [4.78, 5) is 2.99. The van der Waals surface area contributed by atoms with Crippen molar-refractivity contribution in [3.63, 3.8) is 0 Å². The van der Waals surface area contributed by atoms with E-state index in [0.29, 0.717) is 6.07 Å². The van der Waals surface area contributed by atoms with Crippen molar-refractivity contribution in [3.05, 3.63) is 28.0 Å². The van der Waals surface area contributed by atoms with E-state index in [9.17, 15) is 22.0 Å². The molecule has 1 aromatic rings. The molecule has 0 fully saturated rings. The minimum absolute atomic E-state index is 0.639. The van der Waals surface area contributed by atoms with Gasteiger partial charge in [0, 0.05) is 17.7 Å². The van der Waals surface area contributed by atoms with E-state index in [0.717, 1.165) is 0 Å². The lowest BCUT2D eigenvalue weighted by Gasteiger charge is -2.14. The van der Waals surface area contributed by atoms with Gasteiger partial charge in [0.1, 0.15) is 5.15 Å². The van der Waals surface area contributed by atoms with E-state index in [-0.39, 0.29) is 0 Å². The Balaban J connectivity index is 3.49. The zero-order valence-corrected chi connectivity index (χ0v) is 8.41. The zero-order chi connectivity index (χ0) is 12.5. The molecule has 0 unspecified atom stereocenters. The number of aromatic nitrogens is 1. The second-order valence-electron chi connectivity index (χ2n) is 2.86. The van der Waals surface area contributed by atoms with E-state index in [1.165, 1.54) is 0 Å². The van der Waals surface area contributed by atoms with Crippen LogP contribution in [0.1, 0.15) is 23.2 Å². The number of pyridine rings is 1. The first kappa shape index (κ1) is 13.1. The van der Waals surface area contributed by atoms with Crippen LogP contribution in [0.2, 0.25) is 5.15 Å². The highest BCUT2D eigenvalue weighted by atomic mass is 35.5. The average Bonchev–Trinajstić information content (AvgIpc) is 2.14. The largest absolute Gasteiger partial charge is 0.433 e. The Morgan fingerprint density at radius 2 is 1.94 bits per heavy atom. The van der Waals surface area contributed by atoms with Crippen LogP contribution in [0.15, 0.2) is 6.07 Å². The Labute approximate surface area is 92.2 Å². The maximum absolute atomic E-state index is 12.5. The Kier molecular flexibility index (Phi) is 3.69. The molecule has 1 aromatic heterocycles. The molecule has 2 nitrogen and oxygen atoms in total. The van der Waals surface area contributed by atoms with Crippen molar-refractivity contribution in [1.82, 2.24) is 4.98 Å². The fourth-order valence-corrected chi connectivity index (χ4v) is 1.40. The number of hydrogen-bond donors (Lipinski definition) is 1. The summed E-state index contributed by atoms with van der Waals surface area (Å²) in [6, 6.07) is 0.684. The molecule has 0 aliphatic rings. The van der Waals surface area contributed by atoms with Gasteiger partial charge < -0.3 is 5.73 Å². The lowest BCUT2D eigenvalue weighted by molar-refractivity contribution is -0.141. The minimum Gasteiger partial charge on any atom is -0.326 e. The van der Waals surface area contributed by atoms with E-state index in [2.05, 4.69) is 4.98 Å². The third-order valence-corrected chi connectivity index (χ3v) is 2.03. The van der Waals surface area contributed by atoms with E-state index in [1.54, 1.807) is 0 Å². The molecule has 0 aromatic carbocycles. The summed E-state index contributed by atoms with van der Waals surface area (Å²) in [7, 11) is 0. The topological polar surface area (TPSA) is 38.9 Å². The summed E-state index contributed by atoms with van der Waals surface area (Å²) in [5.41, 5.74) is 1.99. The molecule has 0 atom stereocenters. The fourth-order valence-electron chi connectivity index (χ4n) is 1.20. The molecular weight excluding hydrogens is 255 g/mol. The lowest BCUT2D eigenvalue weighted by Crippen LogP contribution is -2.17. The van der Waals surface area contributed by atoms with Crippen LogP contribution in [0.5, 0.6) is 0 Å². The summed E-state index contributed by atoms with van der Waals surface area (Å²) in [6.07, 6.45) is -7.94. The summed E-state index contributed by atoms with van der Waals surface area (Å²) in [5.74, 6) is 0. The molecule has 0 bridgehead atoms. The molecule has 0 spiro atoms. The van der Waals surface area contributed by atoms with Crippen LogP contribution < -0.4 is 5.73 Å². The summed E-state index contributed by atoms with van der Waals surface area (Å²) < 4.78 is 62.2. The molecular formula is C8H6ClF5N2. The van der Waals surface area contributed by atoms with Crippen molar-refractivity contribution < 1.29 is 22.0 Å². The SMILES string of the molecule is NCc1c(C(F)F)cc(Cl)nc1C(F)(F)F. The molecule has 1 rings (SSSR count). The van der Waals surface area contributed by atoms with Crippen molar-refractivity contribution in [2.75, 3.05) is 0 Å². The normalized spacial score (nSPS) is 12.2. The molecule has 0 saturated heterocycles. The predicted molar refractivity (Wildman–Crippen MR) is 47.1 cm³/mol. The zero-order valence-electron chi connectivity index (χ0n) is 7.65. The highest BCUT2D eigenvalue weighted by Crippen LogP contribution is 2.35. The van der Waals surface area contributed by atoms with Crippen molar-refractivity contribution in [3.8, 4) is 0 Å². The van der Waals surface area contributed by atoms with Crippen LogP contribution in [0.3, 0.4) is 0 Å². The van der Waals surface area contributed by atoms with Crippen LogP contribution in [-0.4, -0.2) is 4.98 Å². The molecule has 0 amide bonds. The number of nitrogens with zero attached hydrogens (tertiary/aromatic N) is 1. The predicted octanol–water partition coefficient (Wildman–Crippen LogP) is 3.15. The highest BCUT2D eigenvalue weighted by molar-refractivity contribution is 6.29. The molecule has 0 saturated carbocycles. The maximum Gasteiger partial charge on any atom is 0.433 e. The monoisotopic (exact) mass is 260 g/mol. The highest BCUT2D eigenvalue weighted by Gasteiger charge is 2.37. The van der Waals surface area contributed by atoms with Gasteiger partial charge in [-0.3, -0.25) is 0 Å². The van der Waals surface area contributed by atoms with Gasteiger partial charge in [-0.2, -0.15) is 13.2 Å². The second-order valence-corrected chi connectivity index (χ2v) is 3.25. The van der Waals surface area contributed by atoms with E-state index < -0.39 is 41.1 Å². The number of halogens is 6. The lowest BCUT2D eigenvalue weighted by atomic mass is 10.1. The Bertz CT molecular complexity index is 391. The number of hydrogen-bond acceptors (Lipinski definition) is 2. The van der Waals surface area contributed by atoms with Crippen LogP contribution in [0.4, 0.5) is 22.0 Å². The van der Waals surface area contributed by atoms with Gasteiger partial charge in [0.05, 0.1) is 0 Å². The first-order valence-corrected chi connectivity index (χ1v) is 4.40. The van der Waals surface area contributed by atoms with Gasteiger partial charge in [0.2, 0.25) is 0 Å². The minimum atomic E-state index is -4.86. The Morgan fingerprint density at radius 1 is 1.38 bits per heavy atom. The smallest absolute Gasteiger partial charge is 0.326 e. The van der Waals surface area contributed by atoms with Crippen LogP contribution in [-0.2, 0) is 12.7 Å². The molecule has 0 aliphatic heterocycles. The molecule has 8 heteroatoms. The van der Waals surface area contributed by atoms with Crippen LogP contribution >= 0.6 is 11.6 Å². The Morgan fingerprint density at radius 3 is 2.31 bits per heavy atom. The standard InChI is InChI=1S/C8H6ClF5N2/c9-5-1-3(7(10)11)4(2-15)6(16-5)8(12,13)14/h1,7H,2,15H2. The van der Waals surface area contributed by atoms with Gasteiger partial charge >= 0.3 is 6.18 Å². The summed E-state index contributed by atoms with van der Waals surface area (Å²) in [6.45, 7) is -0.682. The summed E-state index contributed by atoms with van der Waals surface area (Å²) in [5, 5.41) is -0.639. The molecule has 0 radical (unpaired) electrons. The average molecular weight is 261 g/mol. The van der Waals surface area contributed by atoms with Crippen LogP contribution in [0, 0.1) is 0 Å². The van der Waals surface area contributed by atoms with Gasteiger partial charge in [-0.15, -0.1) is 0 Å². The third kappa shape index (κ3) is 2.59. The van der Waals surface area contributed by atoms with Gasteiger partial charge in [-0.05, 0) is 6.07 Å². The third-order valence-electron chi connectivity index (χ3n) is 1.84. The van der Waals surface area contributed by atoms with Crippen molar-refractivity contribution in [2.24, 2.45) is 5.73 Å². The van der Waals surface area contributed by atoms with Crippen molar-refractivity contribution in [2.45, 2.75) is 19.1 Å². The maximum atomic E-state index is 12.5. The van der Waals surface area contributed by atoms with E-state index in [4.69, 9.17) is 17.3 Å². The van der Waals surface area contributed by atoms with Gasteiger partial charge in [-0.25, -0.2) is 13.8 Å². The first-order valence-electron chi connectivity index (χ1n) is 4.02. The van der Waals surface area contributed by atoms with Crippen molar-refractivity contribution >= 4 is 11.6 Å². The molecule has 1 heterocycles. The van der Waals surface area contributed by atoms with Gasteiger partial charge in [0.25, 0.3) is 6.43 Å². The Hall–Kier alpha value is -0.950. The second kappa shape index (κ2) is 4.50. The molecule has 0 aliphatic carbocycles. The first-order chi connectivity index (χ1) is 7.27. The van der Waals surface area contributed by atoms with Gasteiger partial charge in [-0.1, -0.05) is 11.6 Å².